The highest BCUT2D eigenvalue weighted by atomic mass is 32.2. The van der Waals surface area contributed by atoms with Crippen LogP contribution in [0.3, 0.4) is 0 Å². The predicted molar refractivity (Wildman–Crippen MR) is 95.1 cm³/mol. The van der Waals surface area contributed by atoms with Crippen LogP contribution in [0.15, 0.2) is 52.0 Å². The molecule has 1 aromatic carbocycles. The van der Waals surface area contributed by atoms with Gasteiger partial charge >= 0.3 is 0 Å². The molecule has 0 aliphatic rings. The van der Waals surface area contributed by atoms with Gasteiger partial charge in [-0.1, -0.05) is 26.0 Å². The van der Waals surface area contributed by atoms with Gasteiger partial charge in [-0.2, -0.15) is 0 Å². The Labute approximate surface area is 148 Å². The van der Waals surface area contributed by atoms with Gasteiger partial charge in [0, 0.05) is 6.54 Å². The summed E-state index contributed by atoms with van der Waals surface area (Å²) < 4.78 is 57.9. The van der Waals surface area contributed by atoms with Crippen molar-refractivity contribution in [3.05, 3.63) is 54.0 Å². The van der Waals surface area contributed by atoms with Gasteiger partial charge in [-0.3, -0.25) is 0 Å². The van der Waals surface area contributed by atoms with Crippen LogP contribution in [0, 0.1) is 0 Å². The van der Waals surface area contributed by atoms with E-state index in [0.717, 1.165) is 5.56 Å². The third-order valence-corrected chi connectivity index (χ3v) is 6.37. The average molecular weight is 386 g/mol. The van der Waals surface area contributed by atoms with Crippen LogP contribution in [0.4, 0.5) is 0 Å². The Morgan fingerprint density at radius 2 is 1.68 bits per heavy atom. The summed E-state index contributed by atoms with van der Waals surface area (Å²) in [6.45, 7) is 3.84. The number of benzene rings is 1. The Bertz CT molecular complexity index is 871. The normalized spacial score (nSPS) is 12.6. The lowest BCUT2D eigenvalue weighted by molar-refractivity contribution is 0.498. The van der Waals surface area contributed by atoms with Gasteiger partial charge in [0.05, 0.1) is 23.5 Å². The zero-order chi connectivity index (χ0) is 18.5. The summed E-state index contributed by atoms with van der Waals surface area (Å²) in [4.78, 5) is 0.109. The summed E-state index contributed by atoms with van der Waals surface area (Å²) in [5, 5.41) is 0. The molecule has 0 aliphatic carbocycles. The van der Waals surface area contributed by atoms with Gasteiger partial charge in [0.2, 0.25) is 20.0 Å². The Morgan fingerprint density at radius 3 is 2.24 bits per heavy atom. The molecule has 0 unspecified atom stereocenters. The summed E-state index contributed by atoms with van der Waals surface area (Å²) in [5.41, 5.74) is 1.03. The van der Waals surface area contributed by atoms with Crippen LogP contribution in [-0.2, 0) is 26.6 Å². The van der Waals surface area contributed by atoms with E-state index >= 15 is 0 Å². The van der Waals surface area contributed by atoms with Gasteiger partial charge in [0.1, 0.15) is 5.76 Å². The molecule has 0 fully saturated rings. The first-order chi connectivity index (χ1) is 11.7. The van der Waals surface area contributed by atoms with E-state index in [4.69, 9.17) is 4.42 Å². The van der Waals surface area contributed by atoms with Gasteiger partial charge < -0.3 is 4.42 Å². The molecule has 0 radical (unpaired) electrons. The Balaban J connectivity index is 1.88. The third kappa shape index (κ3) is 5.96. The molecule has 138 valence electrons. The molecule has 0 bridgehead atoms. The van der Waals surface area contributed by atoms with Crippen molar-refractivity contribution in [2.75, 3.05) is 12.3 Å². The van der Waals surface area contributed by atoms with E-state index in [-0.39, 0.29) is 23.7 Å². The van der Waals surface area contributed by atoms with Crippen molar-refractivity contribution in [1.29, 1.82) is 0 Å². The largest absolute Gasteiger partial charge is 0.468 e. The van der Waals surface area contributed by atoms with Gasteiger partial charge in [-0.25, -0.2) is 26.3 Å². The van der Waals surface area contributed by atoms with E-state index < -0.39 is 20.0 Å². The smallest absolute Gasteiger partial charge is 0.240 e. The number of nitrogens with one attached hydrogen (secondary N) is 2. The zero-order valence-electron chi connectivity index (χ0n) is 14.1. The lowest BCUT2D eigenvalue weighted by Crippen LogP contribution is -2.34. The molecular weight excluding hydrogens is 364 g/mol. The summed E-state index contributed by atoms with van der Waals surface area (Å²) >= 11 is 0. The van der Waals surface area contributed by atoms with Gasteiger partial charge in [-0.05, 0) is 35.7 Å². The molecule has 25 heavy (non-hydrogen) atoms. The fourth-order valence-corrected chi connectivity index (χ4v) is 4.13. The first-order valence-corrected chi connectivity index (χ1v) is 10.9. The molecule has 1 heterocycles. The van der Waals surface area contributed by atoms with Crippen molar-refractivity contribution in [2.24, 2.45) is 0 Å². The molecule has 2 aromatic rings. The predicted octanol–water partition coefficient (Wildman–Crippen LogP) is 1.80. The Kier molecular flexibility index (Phi) is 6.39. The highest BCUT2D eigenvalue weighted by Crippen LogP contribution is 2.17. The number of rotatable bonds is 9. The standard InChI is InChI=1S/C16H22N2O5S2/c1-13(2)14-5-7-16(8-6-14)25(21,22)17-9-11-24(19,20)18-12-15-4-3-10-23-15/h3-8,10,13,17-18H,9,11-12H2,1-2H3. The van der Waals surface area contributed by atoms with E-state index in [1.54, 1.807) is 24.3 Å². The number of sulfonamides is 2. The van der Waals surface area contributed by atoms with Crippen LogP contribution in [0.2, 0.25) is 0 Å². The summed E-state index contributed by atoms with van der Waals surface area (Å²) in [7, 11) is -7.36. The highest BCUT2D eigenvalue weighted by Gasteiger charge is 2.17. The molecule has 0 saturated heterocycles. The fourth-order valence-electron chi connectivity index (χ4n) is 2.09. The quantitative estimate of drug-likeness (QED) is 0.684. The molecule has 9 heteroatoms. The van der Waals surface area contributed by atoms with Crippen LogP contribution >= 0.6 is 0 Å². The van der Waals surface area contributed by atoms with E-state index in [1.165, 1.54) is 18.4 Å². The summed E-state index contributed by atoms with van der Waals surface area (Å²) in [6, 6.07) is 9.83. The van der Waals surface area contributed by atoms with Gasteiger partial charge in [-0.15, -0.1) is 0 Å². The molecule has 0 atom stereocenters. The number of hydrogen-bond donors (Lipinski definition) is 2. The topological polar surface area (TPSA) is 105 Å². The minimum Gasteiger partial charge on any atom is -0.468 e. The second-order valence-electron chi connectivity index (χ2n) is 5.84. The lowest BCUT2D eigenvalue weighted by atomic mass is 10.0. The van der Waals surface area contributed by atoms with E-state index in [1.807, 2.05) is 13.8 Å². The monoisotopic (exact) mass is 386 g/mol. The second kappa shape index (κ2) is 8.13. The lowest BCUT2D eigenvalue weighted by Gasteiger charge is -2.10. The van der Waals surface area contributed by atoms with E-state index in [2.05, 4.69) is 9.44 Å². The van der Waals surface area contributed by atoms with Gasteiger partial charge in [0.15, 0.2) is 0 Å². The zero-order valence-corrected chi connectivity index (χ0v) is 15.7. The molecule has 2 N–H and O–H groups in total. The minimum atomic E-state index is -3.74. The summed E-state index contributed by atoms with van der Waals surface area (Å²) in [5.74, 6) is 0.418. The molecule has 0 saturated carbocycles. The third-order valence-electron chi connectivity index (χ3n) is 3.57. The first kappa shape index (κ1) is 19.6. The molecule has 2 rings (SSSR count). The van der Waals surface area contributed by atoms with Crippen LogP contribution in [0.1, 0.15) is 31.1 Å². The van der Waals surface area contributed by atoms with Crippen LogP contribution < -0.4 is 9.44 Å². The second-order valence-corrected chi connectivity index (χ2v) is 9.53. The van der Waals surface area contributed by atoms with Gasteiger partial charge in [0.25, 0.3) is 0 Å². The Hall–Kier alpha value is -1.68. The van der Waals surface area contributed by atoms with Crippen molar-refractivity contribution in [3.63, 3.8) is 0 Å². The molecule has 7 nitrogen and oxygen atoms in total. The van der Waals surface area contributed by atoms with Crippen molar-refractivity contribution < 1.29 is 21.3 Å². The number of furan rings is 1. The van der Waals surface area contributed by atoms with Crippen molar-refractivity contribution in [3.8, 4) is 0 Å². The van der Waals surface area contributed by atoms with E-state index in [9.17, 15) is 16.8 Å². The highest BCUT2D eigenvalue weighted by molar-refractivity contribution is 7.90. The number of hydrogen-bond acceptors (Lipinski definition) is 5. The van der Waals surface area contributed by atoms with Crippen LogP contribution in [0.25, 0.3) is 0 Å². The molecular formula is C16H22N2O5S2. The Morgan fingerprint density at radius 1 is 1.00 bits per heavy atom. The van der Waals surface area contributed by atoms with E-state index in [0.29, 0.717) is 11.7 Å². The molecule has 0 aliphatic heterocycles. The maximum Gasteiger partial charge on any atom is 0.240 e. The average Bonchev–Trinajstić information content (AvgIpc) is 3.06. The maximum absolute atomic E-state index is 12.2. The van der Waals surface area contributed by atoms with Crippen molar-refractivity contribution >= 4 is 20.0 Å². The maximum atomic E-state index is 12.2. The fraction of sp³-hybridized carbons (Fsp3) is 0.375. The van der Waals surface area contributed by atoms with Crippen molar-refractivity contribution in [2.45, 2.75) is 31.2 Å². The summed E-state index contributed by atoms with van der Waals surface area (Å²) in [6.07, 6.45) is 1.45. The molecule has 0 spiro atoms. The minimum absolute atomic E-state index is 0.0265. The SMILES string of the molecule is CC(C)c1ccc(S(=O)(=O)NCCS(=O)(=O)NCc2ccco2)cc1. The first-order valence-electron chi connectivity index (χ1n) is 7.79. The van der Waals surface area contributed by atoms with Crippen LogP contribution in [-0.4, -0.2) is 29.1 Å². The molecule has 1 aromatic heterocycles. The van der Waals surface area contributed by atoms with Crippen molar-refractivity contribution in [1.82, 2.24) is 9.44 Å². The molecule has 0 amide bonds. The van der Waals surface area contributed by atoms with Crippen LogP contribution in [0.5, 0.6) is 0 Å².